The number of carbonyl (C=O) groups excluding carboxylic acids is 2. The maximum atomic E-state index is 12.2. The molecule has 3 aromatic carbocycles. The number of nitrogens with one attached hydrogen (secondary N) is 2. The zero-order valence-corrected chi connectivity index (χ0v) is 17.8. The highest BCUT2D eigenvalue weighted by molar-refractivity contribution is 5.89. The second kappa shape index (κ2) is 11.8. The largest absolute Gasteiger partial charge is 0.445 e. The Balaban J connectivity index is 1.57. The van der Waals surface area contributed by atoms with Crippen molar-refractivity contribution >= 4 is 35.3 Å². The Hall–Kier alpha value is -4.70. The molecule has 0 atom stereocenters. The first kappa shape index (κ1) is 24.0. The molecule has 3 rings (SSSR count). The molecule has 0 aliphatic heterocycles. The lowest BCUT2D eigenvalue weighted by Crippen LogP contribution is -2.17. The number of amides is 2. The predicted molar refractivity (Wildman–Crippen MR) is 126 cm³/mol. The number of aliphatic hydroxyl groups is 1. The van der Waals surface area contributed by atoms with Gasteiger partial charge in [0.1, 0.15) is 12.4 Å². The Kier molecular flexibility index (Phi) is 8.30. The first-order valence-corrected chi connectivity index (χ1v) is 10.1. The molecule has 174 valence electrons. The summed E-state index contributed by atoms with van der Waals surface area (Å²) in [6, 6.07) is 18.8. The average Bonchev–Trinajstić information content (AvgIpc) is 2.83. The molecule has 3 N–H and O–H groups in total. The van der Waals surface area contributed by atoms with Gasteiger partial charge in [-0.3, -0.25) is 20.7 Å². The van der Waals surface area contributed by atoms with Crippen LogP contribution in [0.2, 0.25) is 0 Å². The fraction of sp³-hybridized carbons (Fsp3) is 0.0833. The number of para-hydroxylation sites is 1. The Labute approximate surface area is 194 Å². The number of non-ortho nitro benzene ring substituents is 1. The van der Waals surface area contributed by atoms with Gasteiger partial charge in [0.05, 0.1) is 17.2 Å². The van der Waals surface area contributed by atoms with Crippen molar-refractivity contribution in [2.45, 2.75) is 6.61 Å². The van der Waals surface area contributed by atoms with Gasteiger partial charge in [-0.25, -0.2) is 9.59 Å². The standard InChI is InChI=1S/C24H21N3O7/c28-16-17-8-13-22(26-24(30)34-21-6-2-1-3-7-21)18(15-17)5-4-14-33-23(29)25-19-9-11-20(12-10-19)27(31)32/h1-13,15,28H,14,16H2,(H,25,29)(H,26,30)/b5-4+. The van der Waals surface area contributed by atoms with E-state index in [-0.39, 0.29) is 18.9 Å². The summed E-state index contributed by atoms with van der Waals surface area (Å²) in [5, 5.41) is 25.2. The average molecular weight is 463 g/mol. The van der Waals surface area contributed by atoms with Gasteiger partial charge in [-0.15, -0.1) is 0 Å². The topological polar surface area (TPSA) is 140 Å². The zero-order chi connectivity index (χ0) is 24.3. The molecule has 2 amide bonds. The lowest BCUT2D eigenvalue weighted by molar-refractivity contribution is -0.384. The van der Waals surface area contributed by atoms with E-state index in [0.29, 0.717) is 28.3 Å². The number of nitro benzene ring substituents is 1. The van der Waals surface area contributed by atoms with Crippen molar-refractivity contribution in [1.82, 2.24) is 0 Å². The van der Waals surface area contributed by atoms with Crippen LogP contribution in [0, 0.1) is 10.1 Å². The maximum absolute atomic E-state index is 12.2. The van der Waals surface area contributed by atoms with Crippen LogP contribution in [-0.2, 0) is 11.3 Å². The number of carbonyl (C=O) groups is 2. The molecule has 0 spiro atoms. The lowest BCUT2D eigenvalue weighted by atomic mass is 10.1. The fourth-order valence-corrected chi connectivity index (χ4v) is 2.81. The lowest BCUT2D eigenvalue weighted by Gasteiger charge is -2.11. The third-order valence-corrected chi connectivity index (χ3v) is 4.42. The minimum Gasteiger partial charge on any atom is -0.445 e. The molecule has 0 saturated heterocycles. The van der Waals surface area contributed by atoms with Gasteiger partial charge in [0, 0.05) is 17.8 Å². The van der Waals surface area contributed by atoms with E-state index < -0.39 is 17.1 Å². The molecule has 0 fully saturated rings. The highest BCUT2D eigenvalue weighted by Crippen LogP contribution is 2.21. The number of hydrogen-bond donors (Lipinski definition) is 3. The van der Waals surface area contributed by atoms with Gasteiger partial charge in [-0.1, -0.05) is 30.3 Å². The summed E-state index contributed by atoms with van der Waals surface area (Å²) in [5.41, 5.74) is 1.88. The summed E-state index contributed by atoms with van der Waals surface area (Å²) in [4.78, 5) is 34.3. The van der Waals surface area contributed by atoms with Crippen LogP contribution in [0.3, 0.4) is 0 Å². The molecule has 10 heteroatoms. The highest BCUT2D eigenvalue weighted by atomic mass is 16.6. The smallest absolute Gasteiger partial charge is 0.417 e. The third-order valence-electron chi connectivity index (χ3n) is 4.42. The van der Waals surface area contributed by atoms with Crippen molar-refractivity contribution in [2.24, 2.45) is 0 Å². The van der Waals surface area contributed by atoms with Crippen LogP contribution in [0.15, 0.2) is 78.9 Å². The first-order valence-electron chi connectivity index (χ1n) is 10.1. The van der Waals surface area contributed by atoms with E-state index in [2.05, 4.69) is 10.6 Å². The SMILES string of the molecule is O=C(Nc1ccc([N+](=O)[O-])cc1)OC/C=C/c1cc(CO)ccc1NC(=O)Oc1ccccc1. The number of anilines is 2. The monoisotopic (exact) mass is 463 g/mol. The molecule has 10 nitrogen and oxygen atoms in total. The summed E-state index contributed by atoms with van der Waals surface area (Å²) in [7, 11) is 0. The normalized spacial score (nSPS) is 10.5. The molecule has 0 unspecified atom stereocenters. The van der Waals surface area contributed by atoms with E-state index in [0.717, 1.165) is 0 Å². The van der Waals surface area contributed by atoms with Gasteiger partial charge in [0.2, 0.25) is 0 Å². The van der Waals surface area contributed by atoms with Gasteiger partial charge in [0.25, 0.3) is 5.69 Å². The molecule has 34 heavy (non-hydrogen) atoms. The van der Waals surface area contributed by atoms with Crippen LogP contribution in [-0.4, -0.2) is 28.8 Å². The summed E-state index contributed by atoms with van der Waals surface area (Å²) in [6.45, 7) is -0.278. The van der Waals surface area contributed by atoms with Crippen molar-refractivity contribution in [3.63, 3.8) is 0 Å². The summed E-state index contributed by atoms with van der Waals surface area (Å²) in [6.07, 6.45) is 1.75. The van der Waals surface area contributed by atoms with Gasteiger partial charge in [0.15, 0.2) is 0 Å². The highest BCUT2D eigenvalue weighted by Gasteiger charge is 2.09. The molecular weight excluding hydrogens is 442 g/mol. The quantitative estimate of drug-likeness (QED) is 0.317. The van der Waals surface area contributed by atoms with Crippen LogP contribution < -0.4 is 15.4 Å². The van der Waals surface area contributed by atoms with Crippen LogP contribution in [0.25, 0.3) is 6.08 Å². The van der Waals surface area contributed by atoms with Crippen molar-refractivity contribution in [2.75, 3.05) is 17.2 Å². The molecule has 3 aromatic rings. The Morgan fingerprint density at radius 1 is 0.971 bits per heavy atom. The second-order valence-electron chi connectivity index (χ2n) is 6.84. The third kappa shape index (κ3) is 7.18. The van der Waals surface area contributed by atoms with Crippen molar-refractivity contribution in [3.05, 3.63) is 100 Å². The molecule has 0 radical (unpaired) electrons. The van der Waals surface area contributed by atoms with E-state index in [1.165, 1.54) is 24.3 Å². The second-order valence-corrected chi connectivity index (χ2v) is 6.84. The van der Waals surface area contributed by atoms with Crippen LogP contribution in [0.4, 0.5) is 26.7 Å². The van der Waals surface area contributed by atoms with Gasteiger partial charge in [-0.05, 0) is 53.6 Å². The Bertz CT molecular complexity index is 1180. The van der Waals surface area contributed by atoms with Gasteiger partial charge in [-0.2, -0.15) is 0 Å². The number of ether oxygens (including phenoxy) is 2. The zero-order valence-electron chi connectivity index (χ0n) is 17.8. The van der Waals surface area contributed by atoms with E-state index in [4.69, 9.17) is 9.47 Å². The van der Waals surface area contributed by atoms with Gasteiger partial charge >= 0.3 is 12.2 Å². The van der Waals surface area contributed by atoms with Crippen molar-refractivity contribution in [1.29, 1.82) is 0 Å². The molecule has 0 bridgehead atoms. The van der Waals surface area contributed by atoms with E-state index in [9.17, 15) is 24.8 Å². The minimum atomic E-state index is -0.743. The fourth-order valence-electron chi connectivity index (χ4n) is 2.81. The molecule has 0 aliphatic carbocycles. The summed E-state index contributed by atoms with van der Waals surface area (Å²) in [5.74, 6) is 0.386. The van der Waals surface area contributed by atoms with E-state index in [1.807, 2.05) is 0 Å². The molecule has 0 saturated carbocycles. The molecule has 0 aromatic heterocycles. The van der Waals surface area contributed by atoms with Crippen molar-refractivity contribution in [3.8, 4) is 5.75 Å². The number of benzene rings is 3. The number of nitro groups is 1. The summed E-state index contributed by atoms with van der Waals surface area (Å²) < 4.78 is 10.3. The number of rotatable bonds is 8. The minimum absolute atomic E-state index is 0.0872. The number of aliphatic hydroxyl groups excluding tert-OH is 1. The van der Waals surface area contributed by atoms with Crippen LogP contribution in [0.5, 0.6) is 5.75 Å². The Morgan fingerprint density at radius 3 is 2.38 bits per heavy atom. The maximum Gasteiger partial charge on any atom is 0.417 e. The number of hydrogen-bond acceptors (Lipinski definition) is 7. The molecule has 0 aliphatic rings. The van der Waals surface area contributed by atoms with E-state index in [1.54, 1.807) is 60.7 Å². The first-order chi connectivity index (χ1) is 16.4. The predicted octanol–water partition coefficient (Wildman–Crippen LogP) is 4.96. The van der Waals surface area contributed by atoms with E-state index >= 15 is 0 Å². The Morgan fingerprint density at radius 2 is 1.71 bits per heavy atom. The van der Waals surface area contributed by atoms with Crippen LogP contribution in [0.1, 0.15) is 11.1 Å². The number of nitrogens with zero attached hydrogens (tertiary/aromatic N) is 1. The summed E-state index contributed by atoms with van der Waals surface area (Å²) >= 11 is 0. The van der Waals surface area contributed by atoms with Gasteiger partial charge < -0.3 is 14.6 Å². The van der Waals surface area contributed by atoms with Crippen LogP contribution >= 0.6 is 0 Å². The molecule has 0 heterocycles. The molecular formula is C24H21N3O7. The van der Waals surface area contributed by atoms with Crippen molar-refractivity contribution < 1.29 is 29.1 Å².